The summed E-state index contributed by atoms with van der Waals surface area (Å²) in [5, 5.41) is 2.67. The van der Waals surface area contributed by atoms with E-state index in [4.69, 9.17) is 18.9 Å². The van der Waals surface area contributed by atoms with Crippen LogP contribution in [0.25, 0.3) is 0 Å². The number of alkyl halides is 3. The highest BCUT2D eigenvalue weighted by atomic mass is 19.4. The summed E-state index contributed by atoms with van der Waals surface area (Å²) >= 11 is 0. The molecule has 2 aromatic rings. The molecule has 0 radical (unpaired) electrons. The molecule has 5 rings (SSSR count). The van der Waals surface area contributed by atoms with Crippen LogP contribution in [0, 0.1) is 23.2 Å². The van der Waals surface area contributed by atoms with Crippen molar-refractivity contribution in [2.75, 3.05) is 27.9 Å². The lowest BCUT2D eigenvalue weighted by Gasteiger charge is -2.53. The van der Waals surface area contributed by atoms with E-state index in [-0.39, 0.29) is 55.3 Å². The first-order chi connectivity index (χ1) is 22.8. The number of benzene rings is 2. The minimum Gasteiger partial charge on any atom is -0.493 e. The third kappa shape index (κ3) is 7.18. The zero-order chi connectivity index (χ0) is 34.8. The van der Waals surface area contributed by atoms with Crippen LogP contribution in [0.5, 0.6) is 11.5 Å². The number of ether oxygens (including phenoxy) is 4. The summed E-state index contributed by atoms with van der Waals surface area (Å²) in [6.45, 7) is 4.10. The van der Waals surface area contributed by atoms with Crippen molar-refractivity contribution in [1.29, 1.82) is 0 Å². The molecular weight excluding hydrogens is 629 g/mol. The first-order valence-electron chi connectivity index (χ1n) is 16.2. The summed E-state index contributed by atoms with van der Waals surface area (Å²) < 4.78 is 62.6. The topological polar surface area (TPSA) is 103 Å². The Balaban J connectivity index is 1.46. The van der Waals surface area contributed by atoms with Crippen molar-refractivity contribution in [3.05, 3.63) is 70.9 Å². The molecule has 12 heteroatoms. The lowest BCUT2D eigenvalue weighted by Crippen LogP contribution is -2.62. The summed E-state index contributed by atoms with van der Waals surface area (Å²) in [5.41, 5.74) is -0.447. The van der Waals surface area contributed by atoms with Gasteiger partial charge in [0.2, 0.25) is 11.8 Å². The molecular formula is C36H43F3N2O7. The van der Waals surface area contributed by atoms with E-state index in [1.54, 1.807) is 25.2 Å². The Morgan fingerprint density at radius 1 is 1.04 bits per heavy atom. The predicted octanol–water partition coefficient (Wildman–Crippen LogP) is 5.70. The molecule has 0 spiro atoms. The third-order valence-corrected chi connectivity index (χ3v) is 9.55. The van der Waals surface area contributed by atoms with Gasteiger partial charge < -0.3 is 29.2 Å². The quantitative estimate of drug-likeness (QED) is 0.289. The van der Waals surface area contributed by atoms with Crippen LogP contribution in [0.4, 0.5) is 13.2 Å². The van der Waals surface area contributed by atoms with Crippen LogP contribution in [0.1, 0.15) is 56.2 Å². The number of hydrogen-bond acceptors (Lipinski definition) is 7. The number of carbonyl (C=O) groups is 3. The fourth-order valence-corrected chi connectivity index (χ4v) is 6.91. The molecule has 1 N–H and O–H groups in total. The Morgan fingerprint density at radius 2 is 1.77 bits per heavy atom. The van der Waals surface area contributed by atoms with Gasteiger partial charge in [0.05, 0.1) is 39.1 Å². The van der Waals surface area contributed by atoms with E-state index >= 15 is 0 Å². The van der Waals surface area contributed by atoms with Gasteiger partial charge in [-0.25, -0.2) is 0 Å². The zero-order valence-electron chi connectivity index (χ0n) is 27.9. The summed E-state index contributed by atoms with van der Waals surface area (Å²) in [4.78, 5) is 43.3. The Kier molecular flexibility index (Phi) is 10.4. The maximum Gasteiger partial charge on any atom is 0.416 e. The average Bonchev–Trinajstić information content (AvgIpc) is 3.91. The molecule has 1 saturated heterocycles. The number of nitrogens with zero attached hydrogens (tertiary/aromatic N) is 1. The molecule has 0 aromatic heterocycles. The molecule has 2 amide bonds. The number of methoxy groups -OCH3 is 3. The number of carbonyl (C=O) groups excluding carboxylic acids is 3. The van der Waals surface area contributed by atoms with E-state index in [1.807, 2.05) is 32.1 Å². The molecule has 2 fully saturated rings. The molecule has 0 unspecified atom stereocenters. The molecule has 0 bridgehead atoms. The van der Waals surface area contributed by atoms with E-state index in [2.05, 4.69) is 5.32 Å². The highest BCUT2D eigenvalue weighted by Gasteiger charge is 2.63. The van der Waals surface area contributed by atoms with Gasteiger partial charge in [-0.05, 0) is 79.0 Å². The zero-order valence-corrected chi connectivity index (χ0v) is 27.9. The Morgan fingerprint density at radius 3 is 2.40 bits per heavy atom. The van der Waals surface area contributed by atoms with Crippen LogP contribution in [0.15, 0.2) is 54.2 Å². The Hall–Kier alpha value is -4.06. The number of amides is 2. The maximum absolute atomic E-state index is 14.4. The van der Waals surface area contributed by atoms with Gasteiger partial charge in [0, 0.05) is 31.1 Å². The highest BCUT2D eigenvalue weighted by Crippen LogP contribution is 2.56. The van der Waals surface area contributed by atoms with Crippen molar-refractivity contribution in [3.63, 3.8) is 0 Å². The smallest absolute Gasteiger partial charge is 0.416 e. The lowest BCUT2D eigenvalue weighted by molar-refractivity contribution is -0.182. The maximum atomic E-state index is 14.4. The fraction of sp³-hybridized carbons (Fsp3) is 0.528. The van der Waals surface area contributed by atoms with Gasteiger partial charge >= 0.3 is 12.1 Å². The van der Waals surface area contributed by atoms with Crippen LogP contribution in [-0.4, -0.2) is 62.8 Å². The second-order valence-corrected chi connectivity index (χ2v) is 13.1. The van der Waals surface area contributed by atoms with E-state index in [0.717, 1.165) is 30.5 Å². The predicted molar refractivity (Wildman–Crippen MR) is 170 cm³/mol. The van der Waals surface area contributed by atoms with Crippen molar-refractivity contribution in [2.45, 2.75) is 70.9 Å². The minimum absolute atomic E-state index is 0.0140. The molecule has 48 heavy (non-hydrogen) atoms. The van der Waals surface area contributed by atoms with Gasteiger partial charge in [-0.1, -0.05) is 32.0 Å². The average molecular weight is 673 g/mol. The number of esters is 1. The van der Waals surface area contributed by atoms with Crippen LogP contribution < -0.4 is 14.8 Å². The summed E-state index contributed by atoms with van der Waals surface area (Å²) in [5.74, 6) is -0.998. The summed E-state index contributed by atoms with van der Waals surface area (Å²) in [6.07, 6.45) is -1.64. The Labute approximate surface area is 278 Å². The molecule has 4 atom stereocenters. The normalized spacial score (nSPS) is 24.1. The largest absolute Gasteiger partial charge is 0.493 e. The van der Waals surface area contributed by atoms with Crippen molar-refractivity contribution in [3.8, 4) is 11.5 Å². The molecule has 1 aliphatic carbocycles. The first-order valence-corrected chi connectivity index (χ1v) is 16.2. The van der Waals surface area contributed by atoms with Gasteiger partial charge in [0.15, 0.2) is 11.5 Å². The second-order valence-electron chi connectivity index (χ2n) is 13.1. The number of piperidine rings is 1. The van der Waals surface area contributed by atoms with E-state index < -0.39 is 41.1 Å². The molecule has 2 aliphatic heterocycles. The summed E-state index contributed by atoms with van der Waals surface area (Å²) in [6, 6.07) is 10.2. The lowest BCUT2D eigenvalue weighted by atomic mass is 9.64. The molecule has 260 valence electrons. The number of halogens is 3. The standard InChI is InChI=1S/C36H43F3N2O7/c1-21(2)28-18-30-35(34(44)47-5,32(48-28)24-10-11-24)19-25(17-31(42)40-20-23-7-6-8-26(15-23)36(37,38)39)33(43)41(30)14-13-22-9-12-27(45-3)29(16-22)46-4/h6-9,12,15-16,18,21,24-25,28,32H,10-11,13-14,17,19-20H2,1-5H3,(H,40,42)/t25-,28+,32+,35+/m0/s1. The van der Waals surface area contributed by atoms with E-state index in [9.17, 15) is 27.6 Å². The number of nitrogens with one attached hydrogen (secondary N) is 1. The van der Waals surface area contributed by atoms with Gasteiger partial charge in [-0.3, -0.25) is 14.4 Å². The summed E-state index contributed by atoms with van der Waals surface area (Å²) in [7, 11) is 4.40. The fourth-order valence-electron chi connectivity index (χ4n) is 6.91. The van der Waals surface area contributed by atoms with Gasteiger partial charge in [0.25, 0.3) is 0 Å². The van der Waals surface area contributed by atoms with Gasteiger partial charge in [-0.15, -0.1) is 0 Å². The van der Waals surface area contributed by atoms with E-state index in [1.165, 1.54) is 19.2 Å². The van der Waals surface area contributed by atoms with E-state index in [0.29, 0.717) is 23.6 Å². The van der Waals surface area contributed by atoms with Crippen molar-refractivity contribution >= 4 is 17.8 Å². The van der Waals surface area contributed by atoms with Crippen LogP contribution >= 0.6 is 0 Å². The van der Waals surface area contributed by atoms with Gasteiger partial charge in [0.1, 0.15) is 5.41 Å². The molecule has 2 aromatic carbocycles. The Bertz CT molecular complexity index is 1550. The third-order valence-electron chi connectivity index (χ3n) is 9.55. The number of rotatable bonds is 12. The number of likely N-dealkylation sites (tertiary alicyclic amines) is 1. The van der Waals surface area contributed by atoms with Gasteiger partial charge in [-0.2, -0.15) is 13.2 Å². The molecule has 1 saturated carbocycles. The molecule has 3 aliphatic rings. The van der Waals surface area contributed by atoms with Crippen molar-refractivity contribution in [1.82, 2.24) is 10.2 Å². The molecule has 9 nitrogen and oxygen atoms in total. The number of hydrogen-bond donors (Lipinski definition) is 1. The second kappa shape index (κ2) is 14.2. The highest BCUT2D eigenvalue weighted by molar-refractivity contribution is 5.93. The number of fused-ring (bicyclic) bond motifs is 1. The minimum atomic E-state index is -4.52. The van der Waals surface area contributed by atoms with Crippen LogP contribution in [0.2, 0.25) is 0 Å². The van der Waals surface area contributed by atoms with Crippen molar-refractivity contribution < 1.29 is 46.5 Å². The van der Waals surface area contributed by atoms with Crippen molar-refractivity contribution in [2.24, 2.45) is 23.2 Å². The SMILES string of the molecule is COC(=O)[C@]12C[C@H](CC(=O)NCc3cccc(C(F)(F)F)c3)C(=O)N(CCc3ccc(OC)c(OC)c3)C1=C[C@H](C(C)C)O[C@@H]2C1CC1. The molecule has 2 heterocycles. The van der Waals surface area contributed by atoms with Crippen LogP contribution in [0.3, 0.4) is 0 Å². The van der Waals surface area contributed by atoms with Crippen LogP contribution in [-0.2, 0) is 43.0 Å². The first kappa shape index (κ1) is 35.3. The monoisotopic (exact) mass is 672 g/mol.